The normalized spacial score (nSPS) is 9.87. The van der Waals surface area contributed by atoms with Gasteiger partial charge in [-0.1, -0.05) is 30.3 Å². The summed E-state index contributed by atoms with van der Waals surface area (Å²) < 4.78 is 0. The van der Waals surface area contributed by atoms with Gasteiger partial charge in [-0.25, -0.2) is 4.98 Å². The van der Waals surface area contributed by atoms with Crippen LogP contribution in [0.2, 0.25) is 0 Å². The molecule has 0 atom stereocenters. The molecule has 0 bridgehead atoms. The van der Waals surface area contributed by atoms with E-state index in [0.29, 0.717) is 6.42 Å². The van der Waals surface area contributed by atoms with Gasteiger partial charge >= 0.3 is 0 Å². The van der Waals surface area contributed by atoms with Gasteiger partial charge < -0.3 is 0 Å². The fraction of sp³-hybridized carbons (Fsp3) is 0.167. The van der Waals surface area contributed by atoms with E-state index in [1.807, 2.05) is 37.3 Å². The molecule has 3 heteroatoms. The number of aryl methyl sites for hydroxylation is 1. The van der Waals surface area contributed by atoms with Crippen LogP contribution in [0.15, 0.2) is 30.3 Å². The molecule has 1 heterocycles. The SMILES string of the molecule is Cc1nc(-c2ccccc2)sc1CC#N. The molecule has 0 aliphatic rings. The molecule has 0 N–H and O–H groups in total. The van der Waals surface area contributed by atoms with Crippen LogP contribution in [-0.4, -0.2) is 4.98 Å². The van der Waals surface area contributed by atoms with E-state index < -0.39 is 0 Å². The van der Waals surface area contributed by atoms with Crippen molar-refractivity contribution < 1.29 is 0 Å². The van der Waals surface area contributed by atoms with E-state index in [1.54, 1.807) is 11.3 Å². The lowest BCUT2D eigenvalue weighted by atomic mass is 10.2. The van der Waals surface area contributed by atoms with E-state index in [4.69, 9.17) is 5.26 Å². The monoisotopic (exact) mass is 214 g/mol. The van der Waals surface area contributed by atoms with Gasteiger partial charge in [-0.3, -0.25) is 0 Å². The van der Waals surface area contributed by atoms with Gasteiger partial charge in [0.15, 0.2) is 0 Å². The van der Waals surface area contributed by atoms with Crippen LogP contribution in [-0.2, 0) is 6.42 Å². The topological polar surface area (TPSA) is 36.7 Å². The Balaban J connectivity index is 2.40. The maximum atomic E-state index is 8.65. The zero-order chi connectivity index (χ0) is 10.7. The highest BCUT2D eigenvalue weighted by molar-refractivity contribution is 7.15. The summed E-state index contributed by atoms with van der Waals surface area (Å²) in [5.74, 6) is 0. The van der Waals surface area contributed by atoms with Crippen LogP contribution in [0.4, 0.5) is 0 Å². The Morgan fingerprint density at radius 2 is 2.07 bits per heavy atom. The smallest absolute Gasteiger partial charge is 0.123 e. The third kappa shape index (κ3) is 2.05. The van der Waals surface area contributed by atoms with Crippen molar-refractivity contribution >= 4 is 11.3 Å². The second kappa shape index (κ2) is 4.24. The molecule has 1 aromatic heterocycles. The lowest BCUT2D eigenvalue weighted by Gasteiger charge is -1.92. The van der Waals surface area contributed by atoms with E-state index in [1.165, 1.54) is 0 Å². The van der Waals surface area contributed by atoms with Crippen LogP contribution in [0.3, 0.4) is 0 Å². The van der Waals surface area contributed by atoms with Crippen LogP contribution in [0.5, 0.6) is 0 Å². The molecular weight excluding hydrogens is 204 g/mol. The summed E-state index contributed by atoms with van der Waals surface area (Å²) in [5.41, 5.74) is 2.09. The van der Waals surface area contributed by atoms with E-state index in [2.05, 4.69) is 11.1 Å². The molecule has 2 rings (SSSR count). The van der Waals surface area contributed by atoms with Crippen molar-refractivity contribution in [3.8, 4) is 16.6 Å². The summed E-state index contributed by atoms with van der Waals surface area (Å²) in [6.07, 6.45) is 0.455. The number of nitrogens with zero attached hydrogens (tertiary/aromatic N) is 2. The Morgan fingerprint density at radius 1 is 1.33 bits per heavy atom. The fourth-order valence-electron chi connectivity index (χ4n) is 1.37. The van der Waals surface area contributed by atoms with Crippen molar-refractivity contribution in [1.82, 2.24) is 4.98 Å². The number of nitriles is 1. The third-order valence-electron chi connectivity index (χ3n) is 2.15. The van der Waals surface area contributed by atoms with Gasteiger partial charge in [-0.2, -0.15) is 5.26 Å². The average Bonchev–Trinajstić information content (AvgIpc) is 2.63. The zero-order valence-electron chi connectivity index (χ0n) is 8.40. The standard InChI is InChI=1S/C12H10N2S/c1-9-11(7-8-13)15-12(14-9)10-5-3-2-4-6-10/h2-6H,7H2,1H3. The number of benzene rings is 1. The predicted octanol–water partition coefficient (Wildman–Crippen LogP) is 3.18. The number of thiazole rings is 1. The van der Waals surface area contributed by atoms with Crippen LogP contribution in [0.1, 0.15) is 10.6 Å². The molecule has 0 aliphatic heterocycles. The number of aromatic nitrogens is 1. The van der Waals surface area contributed by atoms with Gasteiger partial charge in [0.2, 0.25) is 0 Å². The summed E-state index contributed by atoms with van der Waals surface area (Å²) >= 11 is 1.60. The first-order valence-corrected chi connectivity index (χ1v) is 5.51. The quantitative estimate of drug-likeness (QED) is 0.769. The molecule has 2 nitrogen and oxygen atoms in total. The first kappa shape index (κ1) is 9.88. The Kier molecular flexibility index (Phi) is 2.79. The van der Waals surface area contributed by atoms with Crippen molar-refractivity contribution in [3.63, 3.8) is 0 Å². The minimum absolute atomic E-state index is 0.455. The molecular formula is C12H10N2S. The van der Waals surface area contributed by atoms with E-state index in [9.17, 15) is 0 Å². The number of hydrogen-bond acceptors (Lipinski definition) is 3. The highest BCUT2D eigenvalue weighted by Crippen LogP contribution is 2.27. The first-order valence-electron chi connectivity index (χ1n) is 4.70. The highest BCUT2D eigenvalue weighted by atomic mass is 32.1. The molecule has 0 amide bonds. The van der Waals surface area contributed by atoms with Crippen LogP contribution in [0, 0.1) is 18.3 Å². The van der Waals surface area contributed by atoms with Gasteiger partial charge in [-0.05, 0) is 6.92 Å². The molecule has 74 valence electrons. The highest BCUT2D eigenvalue weighted by Gasteiger charge is 2.08. The van der Waals surface area contributed by atoms with Gasteiger partial charge in [0.1, 0.15) is 5.01 Å². The lowest BCUT2D eigenvalue weighted by Crippen LogP contribution is -1.79. The van der Waals surface area contributed by atoms with E-state index in [0.717, 1.165) is 21.1 Å². The predicted molar refractivity (Wildman–Crippen MR) is 61.6 cm³/mol. The van der Waals surface area contributed by atoms with Crippen molar-refractivity contribution in [2.45, 2.75) is 13.3 Å². The Morgan fingerprint density at radius 3 is 2.73 bits per heavy atom. The molecule has 0 saturated heterocycles. The Hall–Kier alpha value is -1.66. The molecule has 0 unspecified atom stereocenters. The molecule has 0 fully saturated rings. The van der Waals surface area contributed by atoms with Crippen molar-refractivity contribution in [2.75, 3.05) is 0 Å². The van der Waals surface area contributed by atoms with Crippen molar-refractivity contribution in [1.29, 1.82) is 5.26 Å². The van der Waals surface area contributed by atoms with E-state index >= 15 is 0 Å². The van der Waals surface area contributed by atoms with Crippen LogP contribution < -0.4 is 0 Å². The number of hydrogen-bond donors (Lipinski definition) is 0. The Labute approximate surface area is 92.8 Å². The fourth-order valence-corrected chi connectivity index (χ4v) is 2.37. The maximum Gasteiger partial charge on any atom is 0.123 e. The molecule has 0 saturated carbocycles. The van der Waals surface area contributed by atoms with Gasteiger partial charge in [0.25, 0.3) is 0 Å². The summed E-state index contributed by atoms with van der Waals surface area (Å²) in [6.45, 7) is 1.95. The zero-order valence-corrected chi connectivity index (χ0v) is 9.21. The summed E-state index contributed by atoms with van der Waals surface area (Å²) in [5, 5.41) is 9.65. The summed E-state index contributed by atoms with van der Waals surface area (Å²) in [7, 11) is 0. The Bertz CT molecular complexity index is 494. The summed E-state index contributed by atoms with van der Waals surface area (Å²) in [4.78, 5) is 5.53. The van der Waals surface area contributed by atoms with E-state index in [-0.39, 0.29) is 0 Å². The van der Waals surface area contributed by atoms with Gasteiger partial charge in [0, 0.05) is 10.4 Å². The largest absolute Gasteiger partial charge is 0.241 e. The molecule has 15 heavy (non-hydrogen) atoms. The third-order valence-corrected chi connectivity index (χ3v) is 3.36. The number of rotatable bonds is 2. The van der Waals surface area contributed by atoms with Gasteiger partial charge in [-0.15, -0.1) is 11.3 Å². The van der Waals surface area contributed by atoms with Crippen molar-refractivity contribution in [2.24, 2.45) is 0 Å². The molecule has 0 spiro atoms. The maximum absolute atomic E-state index is 8.65. The molecule has 0 aliphatic carbocycles. The van der Waals surface area contributed by atoms with Crippen molar-refractivity contribution in [3.05, 3.63) is 40.9 Å². The van der Waals surface area contributed by atoms with Crippen LogP contribution in [0.25, 0.3) is 10.6 Å². The second-order valence-electron chi connectivity index (χ2n) is 3.23. The molecule has 2 aromatic rings. The minimum atomic E-state index is 0.455. The molecule has 0 radical (unpaired) electrons. The van der Waals surface area contributed by atoms with Gasteiger partial charge in [0.05, 0.1) is 18.2 Å². The average molecular weight is 214 g/mol. The lowest BCUT2D eigenvalue weighted by molar-refractivity contribution is 1.18. The van der Waals surface area contributed by atoms with Crippen LogP contribution >= 0.6 is 11.3 Å². The molecule has 1 aromatic carbocycles. The first-order chi connectivity index (χ1) is 7.31. The second-order valence-corrected chi connectivity index (χ2v) is 4.31. The minimum Gasteiger partial charge on any atom is -0.241 e. The summed E-state index contributed by atoms with van der Waals surface area (Å²) in [6, 6.07) is 12.2.